The molecule has 1 aliphatic heterocycles. The van der Waals surface area contributed by atoms with E-state index in [0.717, 1.165) is 5.56 Å². The van der Waals surface area contributed by atoms with Crippen molar-refractivity contribution in [2.24, 2.45) is 0 Å². The van der Waals surface area contributed by atoms with Gasteiger partial charge in [-0.15, -0.1) is 0 Å². The van der Waals surface area contributed by atoms with Gasteiger partial charge >= 0.3 is 0 Å². The zero-order chi connectivity index (χ0) is 16.3. The van der Waals surface area contributed by atoms with Gasteiger partial charge in [-0.25, -0.2) is 13.1 Å². The first-order valence-corrected chi connectivity index (χ1v) is 8.63. The molecule has 0 fully saturated rings. The van der Waals surface area contributed by atoms with E-state index < -0.39 is 10.0 Å². The third-order valence-corrected chi connectivity index (χ3v) is 4.91. The molecule has 6 nitrogen and oxygen atoms in total. The standard InChI is InChI=1S/C16H16N2O4S/c19-16-11-22-15-7-6-12(10-14(15)18-16)8-9-17-23(20,21)13-4-2-1-3-5-13/h1-7,10,17H,8-9,11H2,(H,18,19). The summed E-state index contributed by atoms with van der Waals surface area (Å²) in [4.78, 5) is 11.6. The van der Waals surface area contributed by atoms with E-state index in [1.807, 2.05) is 6.07 Å². The number of carbonyl (C=O) groups is 1. The van der Waals surface area contributed by atoms with Crippen molar-refractivity contribution >= 4 is 21.6 Å². The Hall–Kier alpha value is -2.38. The number of rotatable bonds is 5. The molecule has 0 aromatic heterocycles. The van der Waals surface area contributed by atoms with Crippen LogP contribution < -0.4 is 14.8 Å². The summed E-state index contributed by atoms with van der Waals surface area (Å²) >= 11 is 0. The summed E-state index contributed by atoms with van der Waals surface area (Å²) in [6, 6.07) is 13.7. The van der Waals surface area contributed by atoms with Crippen molar-refractivity contribution < 1.29 is 17.9 Å². The minimum atomic E-state index is -3.50. The summed E-state index contributed by atoms with van der Waals surface area (Å²) in [5.74, 6) is 0.428. The summed E-state index contributed by atoms with van der Waals surface area (Å²) in [5.41, 5.74) is 1.52. The molecule has 1 amide bonds. The van der Waals surface area contributed by atoms with E-state index in [9.17, 15) is 13.2 Å². The van der Waals surface area contributed by atoms with Crippen LogP contribution in [-0.4, -0.2) is 27.5 Å². The Morgan fingerprint density at radius 3 is 2.70 bits per heavy atom. The lowest BCUT2D eigenvalue weighted by Crippen LogP contribution is -2.26. The van der Waals surface area contributed by atoms with Crippen molar-refractivity contribution in [1.29, 1.82) is 0 Å². The number of fused-ring (bicyclic) bond motifs is 1. The Morgan fingerprint density at radius 2 is 1.91 bits per heavy atom. The first-order valence-electron chi connectivity index (χ1n) is 7.15. The second-order valence-corrected chi connectivity index (χ2v) is 6.90. The van der Waals surface area contributed by atoms with E-state index in [4.69, 9.17) is 4.74 Å². The molecule has 0 saturated carbocycles. The van der Waals surface area contributed by atoms with Gasteiger partial charge in [-0.3, -0.25) is 4.79 Å². The molecule has 2 N–H and O–H groups in total. The lowest BCUT2D eigenvalue weighted by molar-refractivity contribution is -0.118. The van der Waals surface area contributed by atoms with Gasteiger partial charge in [0.1, 0.15) is 5.75 Å². The van der Waals surface area contributed by atoms with Crippen LogP contribution in [0.5, 0.6) is 5.75 Å². The Bertz CT molecular complexity index is 819. The van der Waals surface area contributed by atoms with Gasteiger partial charge in [0.2, 0.25) is 10.0 Å². The fourth-order valence-electron chi connectivity index (χ4n) is 2.30. The summed E-state index contributed by atoms with van der Waals surface area (Å²) in [6.45, 7) is 0.286. The SMILES string of the molecule is O=C1COc2ccc(CCNS(=O)(=O)c3ccccc3)cc2N1. The number of hydrogen-bond donors (Lipinski definition) is 2. The monoisotopic (exact) mass is 332 g/mol. The van der Waals surface area contributed by atoms with Gasteiger partial charge in [0.25, 0.3) is 5.91 Å². The number of benzene rings is 2. The van der Waals surface area contributed by atoms with Crippen molar-refractivity contribution in [3.63, 3.8) is 0 Å². The van der Waals surface area contributed by atoms with Gasteiger partial charge < -0.3 is 10.1 Å². The van der Waals surface area contributed by atoms with E-state index in [-0.39, 0.29) is 24.0 Å². The Kier molecular flexibility index (Phi) is 4.31. The molecule has 0 bridgehead atoms. The topological polar surface area (TPSA) is 84.5 Å². The molecule has 0 radical (unpaired) electrons. The Balaban J connectivity index is 1.63. The molecule has 23 heavy (non-hydrogen) atoms. The highest BCUT2D eigenvalue weighted by molar-refractivity contribution is 7.89. The third kappa shape index (κ3) is 3.69. The fourth-order valence-corrected chi connectivity index (χ4v) is 3.35. The molecule has 7 heteroatoms. The predicted octanol–water partition coefficient (Wildman–Crippen LogP) is 1.54. The molecule has 0 aliphatic carbocycles. The molecule has 120 valence electrons. The average molecular weight is 332 g/mol. The van der Waals surface area contributed by atoms with E-state index in [1.54, 1.807) is 42.5 Å². The van der Waals surface area contributed by atoms with Crippen molar-refractivity contribution in [2.45, 2.75) is 11.3 Å². The van der Waals surface area contributed by atoms with Gasteiger partial charge in [-0.1, -0.05) is 24.3 Å². The normalized spacial score (nSPS) is 13.8. The van der Waals surface area contributed by atoms with Crippen LogP contribution in [0.2, 0.25) is 0 Å². The molecule has 0 spiro atoms. The van der Waals surface area contributed by atoms with Crippen LogP contribution >= 0.6 is 0 Å². The number of hydrogen-bond acceptors (Lipinski definition) is 4. The van der Waals surface area contributed by atoms with Gasteiger partial charge in [0.15, 0.2) is 6.61 Å². The Labute approximate surface area is 134 Å². The number of nitrogens with one attached hydrogen (secondary N) is 2. The van der Waals surface area contributed by atoms with E-state index >= 15 is 0 Å². The molecule has 0 saturated heterocycles. The summed E-state index contributed by atoms with van der Waals surface area (Å²) in [5, 5.41) is 2.73. The highest BCUT2D eigenvalue weighted by Crippen LogP contribution is 2.28. The van der Waals surface area contributed by atoms with Crippen LogP contribution in [0.3, 0.4) is 0 Å². The first kappa shape index (κ1) is 15.5. The number of sulfonamides is 1. The highest BCUT2D eigenvalue weighted by Gasteiger charge is 2.16. The molecule has 2 aromatic carbocycles. The van der Waals surface area contributed by atoms with E-state index in [2.05, 4.69) is 10.0 Å². The molecule has 1 aliphatic rings. The minimum absolute atomic E-state index is 0.0171. The molecule has 3 rings (SSSR count). The quantitative estimate of drug-likeness (QED) is 0.870. The fraction of sp³-hybridized carbons (Fsp3) is 0.188. The summed E-state index contributed by atoms with van der Waals surface area (Å²) in [6.07, 6.45) is 0.509. The van der Waals surface area contributed by atoms with Crippen molar-refractivity contribution in [3.8, 4) is 5.75 Å². The van der Waals surface area contributed by atoms with E-state index in [0.29, 0.717) is 17.9 Å². The highest BCUT2D eigenvalue weighted by atomic mass is 32.2. The number of anilines is 1. The van der Waals surface area contributed by atoms with E-state index in [1.165, 1.54) is 0 Å². The van der Waals surface area contributed by atoms with Crippen LogP contribution in [0.15, 0.2) is 53.4 Å². The lowest BCUT2D eigenvalue weighted by Gasteiger charge is -2.18. The second-order valence-electron chi connectivity index (χ2n) is 5.13. The van der Waals surface area contributed by atoms with Gasteiger partial charge in [0.05, 0.1) is 10.6 Å². The minimum Gasteiger partial charge on any atom is -0.482 e. The number of ether oxygens (including phenoxy) is 1. The largest absolute Gasteiger partial charge is 0.482 e. The van der Waals surface area contributed by atoms with Crippen LogP contribution in [0.1, 0.15) is 5.56 Å². The third-order valence-electron chi connectivity index (χ3n) is 3.44. The van der Waals surface area contributed by atoms with Crippen molar-refractivity contribution in [1.82, 2.24) is 4.72 Å². The molecular formula is C16H16N2O4S. The molecule has 2 aromatic rings. The summed E-state index contributed by atoms with van der Waals surface area (Å²) < 4.78 is 32.1. The molecular weight excluding hydrogens is 316 g/mol. The second kappa shape index (κ2) is 6.39. The molecule has 1 heterocycles. The lowest BCUT2D eigenvalue weighted by atomic mass is 10.1. The van der Waals surface area contributed by atoms with Crippen LogP contribution in [0.25, 0.3) is 0 Å². The maximum atomic E-state index is 12.1. The summed E-state index contributed by atoms with van der Waals surface area (Å²) in [7, 11) is -3.50. The van der Waals surface area contributed by atoms with Crippen LogP contribution in [0, 0.1) is 0 Å². The van der Waals surface area contributed by atoms with Crippen LogP contribution in [0.4, 0.5) is 5.69 Å². The zero-order valence-electron chi connectivity index (χ0n) is 12.3. The number of carbonyl (C=O) groups excluding carboxylic acids is 1. The smallest absolute Gasteiger partial charge is 0.262 e. The first-order chi connectivity index (χ1) is 11.0. The maximum absolute atomic E-state index is 12.1. The maximum Gasteiger partial charge on any atom is 0.262 e. The van der Waals surface area contributed by atoms with Crippen LogP contribution in [-0.2, 0) is 21.2 Å². The predicted molar refractivity (Wildman–Crippen MR) is 85.9 cm³/mol. The van der Waals surface area contributed by atoms with Gasteiger partial charge in [-0.05, 0) is 36.2 Å². The number of amides is 1. The average Bonchev–Trinajstić information content (AvgIpc) is 2.55. The molecule has 0 unspecified atom stereocenters. The van der Waals surface area contributed by atoms with Gasteiger partial charge in [0, 0.05) is 6.54 Å². The van der Waals surface area contributed by atoms with Crippen molar-refractivity contribution in [3.05, 3.63) is 54.1 Å². The van der Waals surface area contributed by atoms with Crippen molar-refractivity contribution in [2.75, 3.05) is 18.5 Å². The van der Waals surface area contributed by atoms with Gasteiger partial charge in [-0.2, -0.15) is 0 Å². The Morgan fingerprint density at radius 1 is 1.13 bits per heavy atom. The zero-order valence-corrected chi connectivity index (χ0v) is 13.1. The molecule has 0 atom stereocenters.